The third-order valence-corrected chi connectivity index (χ3v) is 7.47. The Kier molecular flexibility index (Phi) is 16.4. The molecule has 0 heterocycles. The van der Waals surface area contributed by atoms with Gasteiger partial charge in [-0.25, -0.2) is 0 Å². The summed E-state index contributed by atoms with van der Waals surface area (Å²) >= 11 is 0. The van der Waals surface area contributed by atoms with Crippen LogP contribution in [0.3, 0.4) is 0 Å². The summed E-state index contributed by atoms with van der Waals surface area (Å²) in [5, 5.41) is 2.75. The predicted octanol–water partition coefficient (Wildman–Crippen LogP) is 4.55. The molecule has 1 aromatic rings. The van der Waals surface area contributed by atoms with Gasteiger partial charge >= 0.3 is 8.80 Å². The third-order valence-electron chi connectivity index (χ3n) is 3.82. The highest BCUT2D eigenvalue weighted by molar-refractivity contribution is 6.62. The molecule has 27 heavy (non-hydrogen) atoms. The largest absolute Gasteiger partial charge is 0.504 e. The van der Waals surface area contributed by atoms with Crippen LogP contribution in [0.15, 0.2) is 35.3 Å². The number of rotatable bonds is 13. The highest BCUT2D eigenvalue weighted by atomic mass is 28.4. The molecule has 0 amide bonds. The minimum atomic E-state index is -2.65. The second-order valence-corrected chi connectivity index (χ2v) is 9.01. The maximum atomic E-state index is 6.08. The van der Waals surface area contributed by atoms with Crippen molar-refractivity contribution < 1.29 is 13.3 Å². The van der Waals surface area contributed by atoms with Crippen molar-refractivity contribution in [1.29, 1.82) is 0 Å². The second kappa shape index (κ2) is 17.1. The number of nitrogens with one attached hydrogen (secondary N) is 1. The molecular formula is C21H40N2O3Si. The molecule has 1 unspecified atom stereocenters. The molecule has 1 atom stereocenters. The first-order valence-electron chi connectivity index (χ1n) is 10.2. The smallest absolute Gasteiger partial charge is 0.374 e. The molecule has 6 heteroatoms. The van der Waals surface area contributed by atoms with Gasteiger partial charge in [0.1, 0.15) is 0 Å². The van der Waals surface area contributed by atoms with E-state index in [2.05, 4.69) is 29.4 Å². The van der Waals surface area contributed by atoms with Crippen molar-refractivity contribution in [3.05, 3.63) is 35.9 Å². The minimum absolute atomic E-state index is 0.301. The lowest BCUT2D eigenvalue weighted by atomic mass is 10.2. The summed E-state index contributed by atoms with van der Waals surface area (Å²) in [7, 11) is 1.10. The Morgan fingerprint density at radius 3 is 1.89 bits per heavy atom. The van der Waals surface area contributed by atoms with Crippen LogP contribution >= 0.6 is 0 Å². The van der Waals surface area contributed by atoms with Gasteiger partial charge < -0.3 is 18.6 Å². The van der Waals surface area contributed by atoms with Crippen LogP contribution in [0.5, 0.6) is 0 Å². The quantitative estimate of drug-likeness (QED) is 0.392. The number of hydrogen-bond donors (Lipinski definition) is 1. The van der Waals surface area contributed by atoms with Gasteiger partial charge in [-0.1, -0.05) is 43.7 Å². The summed E-state index contributed by atoms with van der Waals surface area (Å²) in [6.07, 6.45) is 5.01. The van der Waals surface area contributed by atoms with Gasteiger partial charge in [-0.3, -0.25) is 4.99 Å². The molecule has 5 nitrogen and oxygen atoms in total. The van der Waals surface area contributed by atoms with E-state index in [9.17, 15) is 0 Å². The third kappa shape index (κ3) is 10.8. The summed E-state index contributed by atoms with van der Waals surface area (Å²) in [5.74, 6) is 0. The summed E-state index contributed by atoms with van der Waals surface area (Å²) < 4.78 is 18.2. The van der Waals surface area contributed by atoms with E-state index < -0.39 is 8.80 Å². The second-order valence-electron chi connectivity index (χ2n) is 6.12. The summed E-state index contributed by atoms with van der Waals surface area (Å²) in [6.45, 7) is 10.9. The molecule has 0 saturated carbocycles. The van der Waals surface area contributed by atoms with Crippen molar-refractivity contribution in [3.63, 3.8) is 0 Å². The Bertz CT molecular complexity index is 455. The van der Waals surface area contributed by atoms with Crippen molar-refractivity contribution in [2.24, 2.45) is 4.99 Å². The molecule has 156 valence electrons. The molecule has 0 spiro atoms. The van der Waals surface area contributed by atoms with E-state index in [0.29, 0.717) is 25.4 Å². The highest BCUT2D eigenvalue weighted by Crippen LogP contribution is 2.33. The molecule has 0 aromatic heterocycles. The Morgan fingerprint density at radius 2 is 1.44 bits per heavy atom. The molecule has 0 fully saturated rings. The molecule has 0 saturated heterocycles. The van der Waals surface area contributed by atoms with E-state index >= 15 is 0 Å². The van der Waals surface area contributed by atoms with Gasteiger partial charge in [0, 0.05) is 38.1 Å². The lowest BCUT2D eigenvalue weighted by Gasteiger charge is -2.35. The van der Waals surface area contributed by atoms with Crippen LogP contribution in [0.2, 0.25) is 5.54 Å². The monoisotopic (exact) mass is 396 g/mol. The molecule has 0 aliphatic rings. The van der Waals surface area contributed by atoms with E-state index in [0.717, 1.165) is 31.4 Å². The first-order valence-corrected chi connectivity index (χ1v) is 12.0. The van der Waals surface area contributed by atoms with Crippen molar-refractivity contribution in [3.8, 4) is 0 Å². The fourth-order valence-electron chi connectivity index (χ4n) is 2.87. The van der Waals surface area contributed by atoms with E-state index in [1.165, 1.54) is 0 Å². The number of nitrogens with zero attached hydrogens (tertiary/aromatic N) is 1. The van der Waals surface area contributed by atoms with Crippen LogP contribution in [-0.4, -0.2) is 55.5 Å². The number of hydrogen-bond acceptors (Lipinski definition) is 5. The molecule has 0 aliphatic carbocycles. The Labute approximate surface area is 167 Å². The topological polar surface area (TPSA) is 52.1 Å². The fraction of sp³-hybridized carbons (Fsp3) is 0.667. The molecule has 0 radical (unpaired) electrons. The van der Waals surface area contributed by atoms with Crippen LogP contribution < -0.4 is 5.32 Å². The molecule has 1 N–H and O–H groups in total. The van der Waals surface area contributed by atoms with Crippen LogP contribution in [-0.2, 0) is 13.3 Å². The highest BCUT2D eigenvalue weighted by Gasteiger charge is 2.48. The average Bonchev–Trinajstić information content (AvgIpc) is 2.66. The summed E-state index contributed by atoms with van der Waals surface area (Å²) in [6, 6.07) is 10.2. The predicted molar refractivity (Wildman–Crippen MR) is 118 cm³/mol. The number of aliphatic imine (C=N–C) groups is 1. The van der Waals surface area contributed by atoms with Crippen LogP contribution in [0.1, 0.15) is 52.5 Å². The van der Waals surface area contributed by atoms with Gasteiger partial charge in [0.25, 0.3) is 0 Å². The average molecular weight is 397 g/mol. The Balaban J connectivity index is 0.00000210. The first kappa shape index (κ1) is 25.9. The van der Waals surface area contributed by atoms with E-state index in [1.54, 1.807) is 0 Å². The van der Waals surface area contributed by atoms with Crippen molar-refractivity contribution in [2.45, 2.75) is 52.5 Å². The maximum Gasteiger partial charge on any atom is 0.504 e. The maximum absolute atomic E-state index is 6.08. The zero-order valence-corrected chi connectivity index (χ0v) is 19.2. The fourth-order valence-corrected chi connectivity index (χ4v) is 6.16. The molecule has 0 bridgehead atoms. The SMILES string of the molecule is CCCC(CCN=Cc1ccccc1)[Si](OCC)(OCC)OCC.CNC. The zero-order valence-electron chi connectivity index (χ0n) is 18.2. The Morgan fingerprint density at radius 1 is 0.926 bits per heavy atom. The molecule has 1 aromatic carbocycles. The van der Waals surface area contributed by atoms with Gasteiger partial charge in [-0.15, -0.1) is 0 Å². The van der Waals surface area contributed by atoms with Gasteiger partial charge in [0.05, 0.1) is 0 Å². The first-order chi connectivity index (χ1) is 13.1. The van der Waals surface area contributed by atoms with Gasteiger partial charge in [-0.05, 0) is 53.3 Å². The lowest BCUT2D eigenvalue weighted by molar-refractivity contribution is 0.0588. The standard InChI is InChI=1S/C19H33NO3Si.C2H7N/c1-5-12-19(24(21-6-2,22-7-3)23-8-4)15-16-20-17-18-13-10-9-11-14-18;1-3-2/h9-11,13-14,17,19H,5-8,12,15-16H2,1-4H3;3H,1-2H3. The van der Waals surface area contributed by atoms with Crippen molar-refractivity contribution in [2.75, 3.05) is 40.5 Å². The van der Waals surface area contributed by atoms with E-state index in [-0.39, 0.29) is 0 Å². The molecule has 1 rings (SSSR count). The van der Waals surface area contributed by atoms with Gasteiger partial charge in [-0.2, -0.15) is 0 Å². The van der Waals surface area contributed by atoms with Crippen molar-refractivity contribution in [1.82, 2.24) is 5.32 Å². The minimum Gasteiger partial charge on any atom is -0.374 e. The summed E-state index contributed by atoms with van der Waals surface area (Å²) in [5.41, 5.74) is 1.43. The Hall–Kier alpha value is -1.05. The van der Waals surface area contributed by atoms with E-state index in [1.807, 2.05) is 59.3 Å². The summed E-state index contributed by atoms with van der Waals surface area (Å²) in [4.78, 5) is 4.59. The molecule has 0 aliphatic heterocycles. The van der Waals surface area contributed by atoms with E-state index in [4.69, 9.17) is 13.3 Å². The molecular weight excluding hydrogens is 356 g/mol. The zero-order chi connectivity index (χ0) is 20.4. The number of benzene rings is 1. The lowest BCUT2D eigenvalue weighted by Crippen LogP contribution is -2.50. The van der Waals surface area contributed by atoms with Crippen LogP contribution in [0.4, 0.5) is 0 Å². The van der Waals surface area contributed by atoms with Crippen molar-refractivity contribution >= 4 is 15.0 Å². The normalized spacial score (nSPS) is 12.7. The van der Waals surface area contributed by atoms with Crippen LogP contribution in [0.25, 0.3) is 0 Å². The van der Waals surface area contributed by atoms with Gasteiger partial charge in [0.2, 0.25) is 0 Å². The van der Waals surface area contributed by atoms with Crippen LogP contribution in [0, 0.1) is 0 Å². The van der Waals surface area contributed by atoms with Gasteiger partial charge in [0.15, 0.2) is 0 Å².